The van der Waals surface area contributed by atoms with E-state index in [1.165, 1.54) is 42.6 Å². The molecule has 0 bridgehead atoms. The van der Waals surface area contributed by atoms with Gasteiger partial charge in [-0.25, -0.2) is 13.2 Å². The van der Waals surface area contributed by atoms with Crippen molar-refractivity contribution < 1.29 is 27.5 Å². The number of benzene rings is 1. The Morgan fingerprint density at radius 2 is 1.74 bits per heavy atom. The summed E-state index contributed by atoms with van der Waals surface area (Å²) >= 11 is 0. The maximum atomic E-state index is 13.0. The number of aromatic nitrogens is 1. The number of rotatable bonds is 8. The molecule has 0 aliphatic heterocycles. The van der Waals surface area contributed by atoms with E-state index in [2.05, 4.69) is 10.3 Å². The zero-order valence-corrected chi connectivity index (χ0v) is 20.8. The maximum absolute atomic E-state index is 13.0. The fraction of sp³-hybridized carbons (Fsp3) is 0.458. The Morgan fingerprint density at radius 1 is 1.12 bits per heavy atom. The molecule has 184 valence electrons. The van der Waals surface area contributed by atoms with Crippen LogP contribution in [0.4, 0.5) is 5.69 Å². The number of methoxy groups -OCH3 is 1. The summed E-state index contributed by atoms with van der Waals surface area (Å²) in [5.41, 5.74) is 1.54. The molecule has 3 rings (SSSR count). The Hall–Kier alpha value is -2.98. The number of esters is 1. The Labute approximate surface area is 199 Å². The normalized spacial score (nSPS) is 14.7. The van der Waals surface area contributed by atoms with Gasteiger partial charge in [-0.05, 0) is 49.6 Å². The van der Waals surface area contributed by atoms with Crippen molar-refractivity contribution in [1.82, 2.24) is 9.29 Å². The standard InChI is InChI=1S/C24H31N3O6S/c1-15-22(24(30)33-4)20(26-23(15)16(2)28)14-21(29)25-17-10-12-19(13-11-17)34(31,32)27(3)18-8-6-5-7-9-18/h10-13,18,26H,5-9,14H2,1-4H3,(H,25,29). The first-order valence-corrected chi connectivity index (χ1v) is 12.7. The summed E-state index contributed by atoms with van der Waals surface area (Å²) < 4.78 is 32.2. The highest BCUT2D eigenvalue weighted by Crippen LogP contribution is 2.27. The average molecular weight is 490 g/mol. The second-order valence-corrected chi connectivity index (χ2v) is 10.6. The van der Waals surface area contributed by atoms with Gasteiger partial charge >= 0.3 is 5.97 Å². The quantitative estimate of drug-likeness (QED) is 0.432. The first kappa shape index (κ1) is 25.6. The molecule has 0 atom stereocenters. The predicted molar refractivity (Wildman–Crippen MR) is 127 cm³/mol. The van der Waals surface area contributed by atoms with E-state index in [1.807, 2.05) is 0 Å². The summed E-state index contributed by atoms with van der Waals surface area (Å²) in [6.07, 6.45) is 4.73. The number of sulfonamides is 1. The van der Waals surface area contributed by atoms with Crippen LogP contribution in [-0.2, 0) is 26.0 Å². The van der Waals surface area contributed by atoms with Crippen LogP contribution in [0.3, 0.4) is 0 Å². The van der Waals surface area contributed by atoms with E-state index in [0.29, 0.717) is 11.3 Å². The number of amides is 1. The third-order valence-electron chi connectivity index (χ3n) is 6.31. The number of aromatic amines is 1. The monoisotopic (exact) mass is 489 g/mol. The topological polar surface area (TPSA) is 126 Å². The van der Waals surface area contributed by atoms with Crippen molar-refractivity contribution >= 4 is 33.4 Å². The zero-order valence-electron chi connectivity index (χ0n) is 19.9. The first-order valence-electron chi connectivity index (χ1n) is 11.2. The second-order valence-electron chi connectivity index (χ2n) is 8.59. The van der Waals surface area contributed by atoms with Gasteiger partial charge in [-0.3, -0.25) is 9.59 Å². The van der Waals surface area contributed by atoms with Crippen LogP contribution in [0.15, 0.2) is 29.2 Å². The van der Waals surface area contributed by atoms with Crippen molar-refractivity contribution in [3.8, 4) is 0 Å². The van der Waals surface area contributed by atoms with Crippen molar-refractivity contribution in [3.63, 3.8) is 0 Å². The number of carbonyl (C=O) groups is 3. The molecule has 1 saturated carbocycles. The molecule has 9 nitrogen and oxygen atoms in total. The molecule has 1 aliphatic carbocycles. The van der Waals surface area contributed by atoms with Crippen LogP contribution < -0.4 is 5.32 Å². The van der Waals surface area contributed by atoms with Gasteiger partial charge in [0, 0.05) is 31.4 Å². The van der Waals surface area contributed by atoms with Gasteiger partial charge in [0.05, 0.1) is 29.7 Å². The first-order chi connectivity index (χ1) is 16.1. The highest BCUT2D eigenvalue weighted by Gasteiger charge is 2.29. The number of carbonyl (C=O) groups excluding carboxylic acids is 3. The minimum atomic E-state index is -3.63. The summed E-state index contributed by atoms with van der Waals surface area (Å²) in [5, 5.41) is 2.70. The summed E-state index contributed by atoms with van der Waals surface area (Å²) in [7, 11) is -0.780. The number of nitrogens with one attached hydrogen (secondary N) is 2. The highest BCUT2D eigenvalue weighted by molar-refractivity contribution is 7.89. The third-order valence-corrected chi connectivity index (χ3v) is 8.23. The number of hydrogen-bond acceptors (Lipinski definition) is 6. The molecular weight excluding hydrogens is 458 g/mol. The third kappa shape index (κ3) is 5.39. The van der Waals surface area contributed by atoms with Crippen LogP contribution in [0, 0.1) is 6.92 Å². The Kier molecular flexibility index (Phi) is 7.93. The molecule has 1 aromatic carbocycles. The molecule has 1 fully saturated rings. The zero-order chi connectivity index (χ0) is 25.0. The molecule has 34 heavy (non-hydrogen) atoms. The number of anilines is 1. The summed E-state index contributed by atoms with van der Waals surface area (Å²) in [5.74, 6) is -1.33. The maximum Gasteiger partial charge on any atom is 0.339 e. The molecule has 10 heteroatoms. The van der Waals surface area contributed by atoms with Gasteiger partial charge < -0.3 is 15.0 Å². The van der Waals surface area contributed by atoms with E-state index in [0.717, 1.165) is 32.1 Å². The smallest absolute Gasteiger partial charge is 0.339 e. The number of ether oxygens (including phenoxy) is 1. The fourth-order valence-corrected chi connectivity index (χ4v) is 5.82. The van der Waals surface area contributed by atoms with Crippen molar-refractivity contribution in [2.24, 2.45) is 0 Å². The molecule has 0 saturated heterocycles. The van der Waals surface area contributed by atoms with Crippen LogP contribution in [0.2, 0.25) is 0 Å². The highest BCUT2D eigenvalue weighted by atomic mass is 32.2. The van der Waals surface area contributed by atoms with Crippen LogP contribution in [0.5, 0.6) is 0 Å². The minimum absolute atomic E-state index is 0.00582. The molecule has 0 unspecified atom stereocenters. The summed E-state index contributed by atoms with van der Waals surface area (Å²) in [4.78, 5) is 39.7. The van der Waals surface area contributed by atoms with Crippen LogP contribution in [0.1, 0.15) is 71.1 Å². The molecule has 2 N–H and O–H groups in total. The lowest BCUT2D eigenvalue weighted by molar-refractivity contribution is -0.115. The molecular formula is C24H31N3O6S. The summed E-state index contributed by atoms with van der Waals surface area (Å²) in [6.45, 7) is 2.98. The van der Waals surface area contributed by atoms with Gasteiger partial charge in [-0.2, -0.15) is 4.31 Å². The SMILES string of the molecule is COC(=O)c1c(CC(=O)Nc2ccc(S(=O)(=O)N(C)C3CCCCC3)cc2)[nH]c(C(C)=O)c1C. The van der Waals surface area contributed by atoms with E-state index in [1.54, 1.807) is 14.0 Å². The van der Waals surface area contributed by atoms with E-state index in [4.69, 9.17) is 4.74 Å². The number of Topliss-reactive ketones (excluding diaryl/α,β-unsaturated/α-hetero) is 1. The van der Waals surface area contributed by atoms with Crippen molar-refractivity contribution in [2.75, 3.05) is 19.5 Å². The molecule has 1 aromatic heterocycles. The molecule has 0 radical (unpaired) electrons. The largest absolute Gasteiger partial charge is 0.465 e. The van der Waals surface area contributed by atoms with E-state index < -0.39 is 21.9 Å². The number of H-pyrrole nitrogens is 1. The van der Waals surface area contributed by atoms with E-state index >= 15 is 0 Å². The Balaban J connectivity index is 1.73. The van der Waals surface area contributed by atoms with Gasteiger partial charge in [0.2, 0.25) is 15.9 Å². The van der Waals surface area contributed by atoms with E-state index in [-0.39, 0.29) is 40.1 Å². The Bertz CT molecular complexity index is 1180. The number of hydrogen-bond donors (Lipinski definition) is 2. The van der Waals surface area contributed by atoms with Crippen LogP contribution in [0.25, 0.3) is 0 Å². The van der Waals surface area contributed by atoms with Crippen LogP contribution in [-0.4, -0.2) is 55.6 Å². The van der Waals surface area contributed by atoms with Gasteiger partial charge in [-0.15, -0.1) is 0 Å². The van der Waals surface area contributed by atoms with Gasteiger partial charge in [0.25, 0.3) is 0 Å². The molecule has 2 aromatic rings. The summed E-state index contributed by atoms with van der Waals surface area (Å²) in [6, 6.07) is 6.00. The van der Waals surface area contributed by atoms with Gasteiger partial charge in [-0.1, -0.05) is 19.3 Å². The van der Waals surface area contributed by atoms with Crippen molar-refractivity contribution in [2.45, 2.75) is 63.3 Å². The van der Waals surface area contributed by atoms with Crippen LogP contribution >= 0.6 is 0 Å². The van der Waals surface area contributed by atoms with E-state index in [9.17, 15) is 22.8 Å². The molecule has 0 spiro atoms. The Morgan fingerprint density at radius 3 is 2.29 bits per heavy atom. The minimum Gasteiger partial charge on any atom is -0.465 e. The average Bonchev–Trinajstić information content (AvgIpc) is 3.14. The van der Waals surface area contributed by atoms with Crippen molar-refractivity contribution in [1.29, 1.82) is 0 Å². The number of ketones is 1. The lowest BCUT2D eigenvalue weighted by atomic mass is 9.96. The van der Waals surface area contributed by atoms with Gasteiger partial charge in [0.15, 0.2) is 5.78 Å². The predicted octanol–water partition coefficient (Wildman–Crippen LogP) is 3.45. The lowest BCUT2D eigenvalue weighted by Crippen LogP contribution is -2.38. The van der Waals surface area contributed by atoms with Crippen molar-refractivity contribution in [3.05, 3.63) is 46.8 Å². The molecule has 1 heterocycles. The number of nitrogens with zero attached hydrogens (tertiary/aromatic N) is 1. The van der Waals surface area contributed by atoms with Gasteiger partial charge in [0.1, 0.15) is 0 Å². The molecule has 1 amide bonds. The molecule has 1 aliphatic rings. The second kappa shape index (κ2) is 10.5. The fourth-order valence-electron chi connectivity index (χ4n) is 4.40. The lowest BCUT2D eigenvalue weighted by Gasteiger charge is -2.30.